The largest absolute Gasteiger partial charge is 0.369 e. The predicted octanol–water partition coefficient (Wildman–Crippen LogP) is 1.72. The Morgan fingerprint density at radius 1 is 1.27 bits per heavy atom. The second-order valence-electron chi connectivity index (χ2n) is 7.55. The average molecular weight is 525 g/mol. The number of piperidine rings is 1. The van der Waals surface area contributed by atoms with Crippen LogP contribution in [0.15, 0.2) is 35.3 Å². The highest BCUT2D eigenvalue weighted by molar-refractivity contribution is 14.0. The van der Waals surface area contributed by atoms with Crippen LogP contribution in [-0.4, -0.2) is 59.3 Å². The minimum Gasteiger partial charge on any atom is -0.369 e. The monoisotopic (exact) mass is 525 g/mol. The molecular weight excluding hydrogens is 493 g/mol. The van der Waals surface area contributed by atoms with Gasteiger partial charge in [0.1, 0.15) is 0 Å². The molecule has 0 spiro atoms. The lowest BCUT2D eigenvalue weighted by Crippen LogP contribution is -2.49. The zero-order chi connectivity index (χ0) is 20.8. The highest BCUT2D eigenvalue weighted by Crippen LogP contribution is 2.17. The van der Waals surface area contributed by atoms with Crippen LogP contribution < -0.4 is 16.4 Å². The molecule has 4 N–H and O–H groups in total. The number of hydrogen-bond donors (Lipinski definition) is 3. The first-order valence-corrected chi connectivity index (χ1v) is 10.1. The van der Waals surface area contributed by atoms with E-state index >= 15 is 0 Å². The van der Waals surface area contributed by atoms with Crippen molar-refractivity contribution >= 4 is 35.8 Å². The van der Waals surface area contributed by atoms with Crippen LogP contribution in [0.3, 0.4) is 0 Å². The molecule has 8 nitrogen and oxygen atoms in total. The molecule has 0 bridgehead atoms. The topological polar surface area (TPSA) is 101 Å². The average Bonchev–Trinajstić information content (AvgIpc) is 3.04. The number of aryl methyl sites for hydroxylation is 2. The number of benzene rings is 1. The summed E-state index contributed by atoms with van der Waals surface area (Å²) in [6.45, 7) is 6.77. The number of para-hydroxylation sites is 1. The molecule has 1 aromatic carbocycles. The molecule has 30 heavy (non-hydrogen) atoms. The van der Waals surface area contributed by atoms with Crippen LogP contribution in [0, 0.1) is 13.8 Å². The number of rotatable bonds is 6. The van der Waals surface area contributed by atoms with E-state index in [2.05, 4.69) is 50.7 Å². The van der Waals surface area contributed by atoms with E-state index in [-0.39, 0.29) is 29.9 Å². The highest BCUT2D eigenvalue weighted by Gasteiger charge is 2.21. The zero-order valence-corrected chi connectivity index (χ0v) is 20.2. The van der Waals surface area contributed by atoms with E-state index in [1.807, 2.05) is 23.7 Å². The van der Waals surface area contributed by atoms with E-state index in [4.69, 9.17) is 5.73 Å². The van der Waals surface area contributed by atoms with E-state index < -0.39 is 0 Å². The van der Waals surface area contributed by atoms with E-state index in [0.717, 1.165) is 54.5 Å². The zero-order valence-electron chi connectivity index (χ0n) is 17.9. The summed E-state index contributed by atoms with van der Waals surface area (Å²) >= 11 is 0. The molecule has 164 valence electrons. The Kier molecular flexibility index (Phi) is 9.09. The molecular formula is C21H32IN7O. The lowest BCUT2D eigenvalue weighted by molar-refractivity contribution is -0.119. The van der Waals surface area contributed by atoms with Crippen molar-refractivity contribution in [1.82, 2.24) is 25.3 Å². The fraction of sp³-hybridized carbons (Fsp3) is 0.476. The molecule has 2 aromatic rings. The minimum absolute atomic E-state index is 0. The Labute approximate surface area is 195 Å². The number of carbonyl (C=O) groups excluding carboxylic acids is 1. The number of primary amides is 1. The third-order valence-electron chi connectivity index (χ3n) is 5.21. The maximum atomic E-state index is 11.1. The van der Waals surface area contributed by atoms with Gasteiger partial charge in [-0.25, -0.2) is 4.68 Å². The maximum absolute atomic E-state index is 11.1. The van der Waals surface area contributed by atoms with Crippen molar-refractivity contribution in [3.05, 3.63) is 47.3 Å². The molecule has 1 aliphatic rings. The van der Waals surface area contributed by atoms with Crippen molar-refractivity contribution in [2.24, 2.45) is 10.7 Å². The van der Waals surface area contributed by atoms with Crippen molar-refractivity contribution in [1.29, 1.82) is 0 Å². The molecule has 2 heterocycles. The van der Waals surface area contributed by atoms with Gasteiger partial charge in [-0.15, -0.1) is 24.0 Å². The third kappa shape index (κ3) is 6.43. The third-order valence-corrected chi connectivity index (χ3v) is 5.21. The van der Waals surface area contributed by atoms with Crippen molar-refractivity contribution in [2.45, 2.75) is 39.3 Å². The predicted molar refractivity (Wildman–Crippen MR) is 130 cm³/mol. The second kappa shape index (κ2) is 11.3. The Balaban J connectivity index is 0.00000320. The first-order valence-electron chi connectivity index (χ1n) is 10.1. The Bertz CT molecular complexity index is 872. The Morgan fingerprint density at radius 2 is 1.97 bits per heavy atom. The number of nitrogens with zero attached hydrogens (tertiary/aromatic N) is 4. The van der Waals surface area contributed by atoms with Crippen LogP contribution in [-0.2, 0) is 11.3 Å². The molecule has 3 rings (SSSR count). The normalized spacial score (nSPS) is 15.5. The van der Waals surface area contributed by atoms with Gasteiger partial charge in [-0.05, 0) is 44.4 Å². The molecule has 0 atom stereocenters. The smallest absolute Gasteiger partial charge is 0.231 e. The van der Waals surface area contributed by atoms with Gasteiger partial charge in [-0.1, -0.05) is 18.2 Å². The van der Waals surface area contributed by atoms with Gasteiger partial charge in [-0.3, -0.25) is 14.7 Å². The van der Waals surface area contributed by atoms with Gasteiger partial charge < -0.3 is 16.4 Å². The van der Waals surface area contributed by atoms with Crippen molar-refractivity contribution < 1.29 is 4.79 Å². The summed E-state index contributed by atoms with van der Waals surface area (Å²) in [6, 6.07) is 10.7. The SMILES string of the molecule is CN=C(NCc1ccccc1-n1nc(C)cc1C)NC1CCN(CC(N)=O)CC1.I. The van der Waals surface area contributed by atoms with Gasteiger partial charge in [0.2, 0.25) is 5.91 Å². The van der Waals surface area contributed by atoms with Gasteiger partial charge in [0, 0.05) is 38.4 Å². The molecule has 1 amide bonds. The number of aliphatic imine (C=N–C) groups is 1. The number of hydrogen-bond acceptors (Lipinski definition) is 4. The summed E-state index contributed by atoms with van der Waals surface area (Å²) in [5.74, 6) is 0.511. The number of aromatic nitrogens is 2. The van der Waals surface area contributed by atoms with Gasteiger partial charge in [0.25, 0.3) is 0 Å². The second-order valence-corrected chi connectivity index (χ2v) is 7.55. The quantitative estimate of drug-likeness (QED) is 0.303. The number of nitrogens with two attached hydrogens (primary N) is 1. The summed E-state index contributed by atoms with van der Waals surface area (Å²) in [4.78, 5) is 17.5. The molecule has 0 aliphatic carbocycles. The summed E-state index contributed by atoms with van der Waals surface area (Å²) in [6.07, 6.45) is 1.91. The van der Waals surface area contributed by atoms with Crippen LogP contribution in [0.5, 0.6) is 0 Å². The van der Waals surface area contributed by atoms with E-state index in [1.54, 1.807) is 7.05 Å². The number of carbonyl (C=O) groups is 1. The molecule has 1 aromatic heterocycles. The molecule has 0 saturated carbocycles. The fourth-order valence-corrected chi connectivity index (χ4v) is 3.76. The van der Waals surface area contributed by atoms with Crippen LogP contribution in [0.1, 0.15) is 29.8 Å². The van der Waals surface area contributed by atoms with Gasteiger partial charge >= 0.3 is 0 Å². The maximum Gasteiger partial charge on any atom is 0.231 e. The van der Waals surface area contributed by atoms with Gasteiger partial charge in [0.05, 0.1) is 17.9 Å². The lowest BCUT2D eigenvalue weighted by atomic mass is 10.1. The molecule has 1 aliphatic heterocycles. The number of guanidine groups is 1. The number of halogens is 1. The van der Waals surface area contributed by atoms with Crippen LogP contribution in [0.25, 0.3) is 5.69 Å². The first kappa shape index (κ1) is 24.1. The Morgan fingerprint density at radius 3 is 2.57 bits per heavy atom. The van der Waals surface area contributed by atoms with Crippen LogP contribution in [0.4, 0.5) is 0 Å². The first-order chi connectivity index (χ1) is 14.0. The molecule has 1 fully saturated rings. The van der Waals surface area contributed by atoms with E-state index in [1.165, 1.54) is 0 Å². The summed E-state index contributed by atoms with van der Waals surface area (Å²) < 4.78 is 1.98. The standard InChI is InChI=1S/C21H31N7O.HI/c1-15-12-16(2)28(26-15)19-7-5-4-6-17(19)13-24-21(23-3)25-18-8-10-27(11-9-18)14-20(22)29;/h4-7,12,18H,8-11,13-14H2,1-3H3,(H2,22,29)(H2,23,24,25);1H. The van der Waals surface area contributed by atoms with Crippen LogP contribution in [0.2, 0.25) is 0 Å². The molecule has 0 radical (unpaired) electrons. The molecule has 1 saturated heterocycles. The molecule has 0 unspecified atom stereocenters. The summed E-state index contributed by atoms with van der Waals surface area (Å²) in [5.41, 5.74) is 9.63. The lowest BCUT2D eigenvalue weighted by Gasteiger charge is -2.32. The van der Waals surface area contributed by atoms with E-state index in [0.29, 0.717) is 19.1 Å². The summed E-state index contributed by atoms with van der Waals surface area (Å²) in [7, 11) is 1.78. The number of nitrogens with one attached hydrogen (secondary N) is 2. The van der Waals surface area contributed by atoms with Gasteiger partial charge in [0.15, 0.2) is 5.96 Å². The van der Waals surface area contributed by atoms with E-state index in [9.17, 15) is 4.79 Å². The Hall–Kier alpha value is -2.14. The summed E-state index contributed by atoms with van der Waals surface area (Å²) in [5, 5.41) is 11.5. The minimum atomic E-state index is -0.268. The highest BCUT2D eigenvalue weighted by atomic mass is 127. The van der Waals surface area contributed by atoms with Crippen molar-refractivity contribution in [3.63, 3.8) is 0 Å². The van der Waals surface area contributed by atoms with Crippen molar-refractivity contribution in [2.75, 3.05) is 26.7 Å². The number of amides is 1. The van der Waals surface area contributed by atoms with Crippen molar-refractivity contribution in [3.8, 4) is 5.69 Å². The number of likely N-dealkylation sites (tertiary alicyclic amines) is 1. The van der Waals surface area contributed by atoms with Gasteiger partial charge in [-0.2, -0.15) is 5.10 Å². The molecule has 9 heteroatoms. The fourth-order valence-electron chi connectivity index (χ4n) is 3.76. The van der Waals surface area contributed by atoms with Crippen LogP contribution >= 0.6 is 24.0 Å².